The van der Waals surface area contributed by atoms with Crippen LogP contribution >= 0.6 is 0 Å². The van der Waals surface area contributed by atoms with Gasteiger partial charge in [-0.15, -0.1) is 0 Å². The molecule has 1 atom stereocenters. The van der Waals surface area contributed by atoms with Crippen LogP contribution in [0.2, 0.25) is 0 Å². The number of urea groups is 1. The van der Waals surface area contributed by atoms with Crippen molar-refractivity contribution in [3.63, 3.8) is 0 Å². The normalized spacial score (nSPS) is 18.3. The number of hydrogen-bond acceptors (Lipinski definition) is 5. The Kier molecular flexibility index (Phi) is 3.22. The molecule has 1 unspecified atom stereocenters. The molecular formula is C14H12N4O3S. The fraction of sp³-hybridized carbons (Fsp3) is 0.214. The van der Waals surface area contributed by atoms with Crippen molar-refractivity contribution in [3.8, 4) is 6.07 Å². The molecule has 0 bridgehead atoms. The SMILES string of the molecule is CS(=O)(=O)c1ccc2cncc(N3C(=O)NCC3C#N)c2c1. The lowest BCUT2D eigenvalue weighted by Gasteiger charge is -2.19. The van der Waals surface area contributed by atoms with Crippen LogP contribution in [-0.2, 0) is 9.84 Å². The molecule has 0 saturated carbocycles. The van der Waals surface area contributed by atoms with Crippen molar-refractivity contribution in [2.45, 2.75) is 10.9 Å². The zero-order chi connectivity index (χ0) is 15.9. The highest BCUT2D eigenvalue weighted by Crippen LogP contribution is 2.30. The van der Waals surface area contributed by atoms with Gasteiger partial charge in [0, 0.05) is 23.2 Å². The van der Waals surface area contributed by atoms with E-state index >= 15 is 0 Å². The fourth-order valence-corrected chi connectivity index (χ4v) is 3.08. The van der Waals surface area contributed by atoms with Crippen LogP contribution in [0.25, 0.3) is 10.8 Å². The standard InChI is InChI=1S/C14H12N4O3S/c1-22(20,21)11-3-2-9-6-16-8-13(12(9)4-11)18-10(5-15)7-17-14(18)19/h2-4,6,8,10H,7H2,1H3,(H,17,19). The summed E-state index contributed by atoms with van der Waals surface area (Å²) < 4.78 is 23.5. The maximum atomic E-state index is 12.0. The number of fused-ring (bicyclic) bond motifs is 1. The van der Waals surface area contributed by atoms with Crippen LogP contribution in [0.4, 0.5) is 10.5 Å². The van der Waals surface area contributed by atoms with Crippen molar-refractivity contribution in [2.75, 3.05) is 17.7 Å². The molecule has 8 heteroatoms. The molecule has 2 heterocycles. The van der Waals surface area contributed by atoms with Gasteiger partial charge in [-0.3, -0.25) is 9.88 Å². The number of benzene rings is 1. The predicted octanol–water partition coefficient (Wildman–Crippen LogP) is 1.06. The number of nitriles is 1. The molecule has 2 amide bonds. The highest BCUT2D eigenvalue weighted by molar-refractivity contribution is 7.90. The number of aromatic nitrogens is 1. The minimum absolute atomic E-state index is 0.153. The summed E-state index contributed by atoms with van der Waals surface area (Å²) in [5, 5.41) is 13.0. The van der Waals surface area contributed by atoms with E-state index < -0.39 is 21.9 Å². The van der Waals surface area contributed by atoms with Crippen molar-refractivity contribution < 1.29 is 13.2 Å². The summed E-state index contributed by atoms with van der Waals surface area (Å²) in [7, 11) is -3.37. The third kappa shape index (κ3) is 2.25. The van der Waals surface area contributed by atoms with Gasteiger partial charge in [0.1, 0.15) is 6.04 Å². The van der Waals surface area contributed by atoms with Gasteiger partial charge in [0.15, 0.2) is 9.84 Å². The van der Waals surface area contributed by atoms with Gasteiger partial charge in [0.25, 0.3) is 0 Å². The van der Waals surface area contributed by atoms with E-state index in [-0.39, 0.29) is 11.4 Å². The highest BCUT2D eigenvalue weighted by atomic mass is 32.2. The average Bonchev–Trinajstić information content (AvgIpc) is 2.86. The van der Waals surface area contributed by atoms with E-state index in [9.17, 15) is 18.5 Å². The van der Waals surface area contributed by atoms with Crippen LogP contribution in [0.5, 0.6) is 0 Å². The topological polar surface area (TPSA) is 103 Å². The van der Waals surface area contributed by atoms with E-state index in [1.807, 2.05) is 6.07 Å². The van der Waals surface area contributed by atoms with Crippen LogP contribution in [0, 0.1) is 11.3 Å². The average molecular weight is 316 g/mol. The Morgan fingerprint density at radius 2 is 2.18 bits per heavy atom. The summed E-state index contributed by atoms with van der Waals surface area (Å²) in [6, 6.07) is 5.63. The number of hydrogen-bond donors (Lipinski definition) is 1. The van der Waals surface area contributed by atoms with Gasteiger partial charge in [0.2, 0.25) is 0 Å². The summed E-state index contributed by atoms with van der Waals surface area (Å²) in [6.07, 6.45) is 4.17. The molecule has 1 aromatic heterocycles. The van der Waals surface area contributed by atoms with Crippen LogP contribution in [-0.4, -0.2) is 38.3 Å². The zero-order valence-electron chi connectivity index (χ0n) is 11.6. The molecule has 0 radical (unpaired) electrons. The lowest BCUT2D eigenvalue weighted by Crippen LogP contribution is -2.33. The summed E-state index contributed by atoms with van der Waals surface area (Å²) in [6.45, 7) is 0.220. The molecule has 112 valence electrons. The first kappa shape index (κ1) is 14.3. The van der Waals surface area contributed by atoms with Crippen molar-refractivity contribution >= 4 is 32.3 Å². The van der Waals surface area contributed by atoms with E-state index in [1.54, 1.807) is 12.3 Å². The molecule has 1 fully saturated rings. The molecule has 1 aromatic carbocycles. The third-order valence-electron chi connectivity index (χ3n) is 3.52. The molecule has 0 aliphatic carbocycles. The lowest BCUT2D eigenvalue weighted by atomic mass is 10.1. The Balaban J connectivity index is 2.26. The van der Waals surface area contributed by atoms with E-state index in [2.05, 4.69) is 10.3 Å². The van der Waals surface area contributed by atoms with Crippen LogP contribution in [0.3, 0.4) is 0 Å². The number of anilines is 1. The van der Waals surface area contributed by atoms with E-state index in [1.165, 1.54) is 23.2 Å². The second kappa shape index (κ2) is 4.96. The van der Waals surface area contributed by atoms with Gasteiger partial charge in [-0.05, 0) is 12.1 Å². The molecule has 0 spiro atoms. The highest BCUT2D eigenvalue weighted by Gasteiger charge is 2.33. The van der Waals surface area contributed by atoms with E-state index in [4.69, 9.17) is 0 Å². The first-order chi connectivity index (χ1) is 10.4. The summed E-state index contributed by atoms with van der Waals surface area (Å²) in [5.41, 5.74) is 0.421. The summed E-state index contributed by atoms with van der Waals surface area (Å²) >= 11 is 0. The summed E-state index contributed by atoms with van der Waals surface area (Å²) in [4.78, 5) is 17.5. The van der Waals surface area contributed by atoms with Gasteiger partial charge in [0.05, 0.1) is 29.4 Å². The minimum atomic E-state index is -3.37. The van der Waals surface area contributed by atoms with Gasteiger partial charge in [-0.1, -0.05) is 6.07 Å². The smallest absolute Gasteiger partial charge is 0.323 e. The molecule has 7 nitrogen and oxygen atoms in total. The first-order valence-electron chi connectivity index (χ1n) is 6.46. The Morgan fingerprint density at radius 1 is 1.41 bits per heavy atom. The lowest BCUT2D eigenvalue weighted by molar-refractivity contribution is 0.252. The van der Waals surface area contributed by atoms with Crippen molar-refractivity contribution in [3.05, 3.63) is 30.6 Å². The molecule has 1 saturated heterocycles. The van der Waals surface area contributed by atoms with Crippen molar-refractivity contribution in [1.29, 1.82) is 5.26 Å². The Labute approximate surface area is 127 Å². The second-order valence-electron chi connectivity index (χ2n) is 5.01. The number of nitrogens with zero attached hydrogens (tertiary/aromatic N) is 3. The first-order valence-corrected chi connectivity index (χ1v) is 8.35. The van der Waals surface area contributed by atoms with Crippen molar-refractivity contribution in [1.82, 2.24) is 10.3 Å². The number of sulfone groups is 1. The Hall–Kier alpha value is -2.66. The van der Waals surface area contributed by atoms with E-state index in [0.717, 1.165) is 6.26 Å². The maximum absolute atomic E-state index is 12.0. The minimum Gasteiger partial charge on any atom is -0.334 e. The Bertz CT molecular complexity index is 917. The van der Waals surface area contributed by atoms with Crippen LogP contribution < -0.4 is 10.2 Å². The van der Waals surface area contributed by atoms with Gasteiger partial charge >= 0.3 is 6.03 Å². The van der Waals surface area contributed by atoms with Gasteiger partial charge < -0.3 is 5.32 Å². The monoisotopic (exact) mass is 316 g/mol. The van der Waals surface area contributed by atoms with E-state index in [0.29, 0.717) is 16.5 Å². The third-order valence-corrected chi connectivity index (χ3v) is 4.64. The number of carbonyl (C=O) groups is 1. The number of amides is 2. The largest absolute Gasteiger partial charge is 0.334 e. The van der Waals surface area contributed by atoms with Gasteiger partial charge in [-0.25, -0.2) is 13.2 Å². The molecule has 22 heavy (non-hydrogen) atoms. The fourth-order valence-electron chi connectivity index (χ4n) is 2.43. The Morgan fingerprint density at radius 3 is 2.86 bits per heavy atom. The molecular weight excluding hydrogens is 304 g/mol. The van der Waals surface area contributed by atoms with Crippen LogP contribution in [0.1, 0.15) is 0 Å². The number of pyridine rings is 1. The van der Waals surface area contributed by atoms with Gasteiger partial charge in [-0.2, -0.15) is 5.26 Å². The predicted molar refractivity (Wildman–Crippen MR) is 80.1 cm³/mol. The second-order valence-corrected chi connectivity index (χ2v) is 7.03. The molecule has 1 aliphatic heterocycles. The number of nitrogens with one attached hydrogen (secondary N) is 1. The zero-order valence-corrected chi connectivity index (χ0v) is 12.5. The van der Waals surface area contributed by atoms with Crippen molar-refractivity contribution in [2.24, 2.45) is 0 Å². The molecule has 2 aromatic rings. The van der Waals surface area contributed by atoms with Crippen LogP contribution in [0.15, 0.2) is 35.5 Å². The summed E-state index contributed by atoms with van der Waals surface area (Å²) in [5.74, 6) is 0. The number of rotatable bonds is 2. The molecule has 1 N–H and O–H groups in total. The maximum Gasteiger partial charge on any atom is 0.323 e. The number of carbonyl (C=O) groups excluding carboxylic acids is 1. The molecule has 1 aliphatic rings. The molecule has 3 rings (SSSR count). The quantitative estimate of drug-likeness (QED) is 0.892.